The molecule has 0 N–H and O–H groups in total. The lowest BCUT2D eigenvalue weighted by Crippen LogP contribution is -1.90. The standard InChI is InChI=1S/C9H13IO/c1-3-4-8-5-9(11-2)7-10-6-8/h5-7H,3-4H2,1-2H3. The van der Waals surface area contributed by atoms with Crippen molar-refractivity contribution in [3.63, 3.8) is 0 Å². The second-order valence-electron chi connectivity index (χ2n) is 2.42. The average molecular weight is 264 g/mol. The molecule has 1 rings (SSSR count). The van der Waals surface area contributed by atoms with Gasteiger partial charge in [0.15, 0.2) is 0 Å². The van der Waals surface area contributed by atoms with Gasteiger partial charge in [0.05, 0.1) is 7.11 Å². The number of halogens is 1. The fourth-order valence-electron chi connectivity index (χ4n) is 0.939. The normalized spacial score (nSPS) is 16.5. The van der Waals surface area contributed by atoms with E-state index < -0.39 is 0 Å². The van der Waals surface area contributed by atoms with Crippen LogP contribution in [0.5, 0.6) is 0 Å². The molecule has 1 aliphatic heterocycles. The Morgan fingerprint density at radius 1 is 1.55 bits per heavy atom. The molecule has 0 unspecified atom stereocenters. The van der Waals surface area contributed by atoms with Crippen molar-refractivity contribution in [3.8, 4) is 0 Å². The molecule has 0 amide bonds. The van der Waals surface area contributed by atoms with Gasteiger partial charge in [-0.15, -0.1) is 0 Å². The molecule has 1 heterocycles. The van der Waals surface area contributed by atoms with Gasteiger partial charge in [0.2, 0.25) is 0 Å². The van der Waals surface area contributed by atoms with Crippen molar-refractivity contribution in [2.45, 2.75) is 19.8 Å². The average Bonchev–Trinajstić information content (AvgIpc) is 2.06. The molecule has 0 spiro atoms. The molecule has 1 aliphatic rings. The first-order valence-electron chi connectivity index (χ1n) is 3.76. The second kappa shape index (κ2) is 4.70. The Morgan fingerprint density at radius 3 is 3.00 bits per heavy atom. The van der Waals surface area contributed by atoms with Gasteiger partial charge in [-0.05, 0) is 22.2 Å². The second-order valence-corrected chi connectivity index (χ2v) is 4.38. The highest BCUT2D eigenvalue weighted by Gasteiger charge is 1.98. The molecular formula is C9H13IO. The van der Waals surface area contributed by atoms with Gasteiger partial charge in [-0.1, -0.05) is 34.1 Å². The molecule has 0 radical (unpaired) electrons. The molecule has 0 aromatic rings. The van der Waals surface area contributed by atoms with Crippen LogP contribution in [0.2, 0.25) is 0 Å². The summed E-state index contributed by atoms with van der Waals surface area (Å²) in [4.78, 5) is 0. The molecule has 0 fully saturated rings. The summed E-state index contributed by atoms with van der Waals surface area (Å²) >= 11 is 0.135. The van der Waals surface area contributed by atoms with Crippen LogP contribution in [0.4, 0.5) is 0 Å². The zero-order chi connectivity index (χ0) is 8.10. The molecular weight excluding hydrogens is 251 g/mol. The summed E-state index contributed by atoms with van der Waals surface area (Å²) < 4.78 is 9.73. The van der Waals surface area contributed by atoms with E-state index in [0.29, 0.717) is 0 Å². The van der Waals surface area contributed by atoms with Crippen LogP contribution in [-0.2, 0) is 4.74 Å². The third-order valence-electron chi connectivity index (χ3n) is 1.48. The van der Waals surface area contributed by atoms with Crippen molar-refractivity contribution in [1.82, 2.24) is 0 Å². The first-order chi connectivity index (χ1) is 5.36. The van der Waals surface area contributed by atoms with E-state index in [2.05, 4.69) is 21.1 Å². The Balaban J connectivity index is 2.63. The Morgan fingerprint density at radius 2 is 2.36 bits per heavy atom. The van der Waals surface area contributed by atoms with Crippen LogP contribution in [-0.4, -0.2) is 11.1 Å². The summed E-state index contributed by atoms with van der Waals surface area (Å²) in [5, 5.41) is 0. The van der Waals surface area contributed by atoms with E-state index in [-0.39, 0.29) is 20.7 Å². The Labute approximate surface area is 77.9 Å². The van der Waals surface area contributed by atoms with Crippen molar-refractivity contribution in [2.24, 2.45) is 0 Å². The minimum absolute atomic E-state index is 0.135. The van der Waals surface area contributed by atoms with Gasteiger partial charge in [0.25, 0.3) is 0 Å². The van der Waals surface area contributed by atoms with E-state index >= 15 is 0 Å². The minimum atomic E-state index is 0.135. The van der Waals surface area contributed by atoms with Crippen molar-refractivity contribution < 1.29 is 4.74 Å². The summed E-state index contributed by atoms with van der Waals surface area (Å²) in [6.45, 7) is 2.21. The Hall–Kier alpha value is -0.120. The molecule has 0 aromatic heterocycles. The van der Waals surface area contributed by atoms with Gasteiger partial charge in [-0.3, -0.25) is 0 Å². The van der Waals surface area contributed by atoms with Gasteiger partial charge in [0, 0.05) is 4.01 Å². The fourth-order valence-corrected chi connectivity index (χ4v) is 2.86. The van der Waals surface area contributed by atoms with Crippen LogP contribution in [0.15, 0.2) is 21.5 Å². The van der Waals surface area contributed by atoms with Crippen LogP contribution in [0, 0.1) is 0 Å². The first kappa shape index (κ1) is 8.97. The van der Waals surface area contributed by atoms with Crippen molar-refractivity contribution in [3.05, 3.63) is 21.5 Å². The zero-order valence-electron chi connectivity index (χ0n) is 6.93. The van der Waals surface area contributed by atoms with Gasteiger partial charge < -0.3 is 4.74 Å². The number of methoxy groups -OCH3 is 1. The number of hydrogen-bond acceptors (Lipinski definition) is 1. The maximum absolute atomic E-state index is 5.16. The molecule has 0 bridgehead atoms. The number of hydrogen-bond donors (Lipinski definition) is 0. The van der Waals surface area contributed by atoms with Gasteiger partial charge in [0.1, 0.15) is 5.76 Å². The zero-order valence-corrected chi connectivity index (χ0v) is 9.09. The predicted octanol–water partition coefficient (Wildman–Crippen LogP) is 2.99. The number of allylic oxidation sites excluding steroid dienone is 3. The molecule has 0 saturated carbocycles. The molecule has 11 heavy (non-hydrogen) atoms. The summed E-state index contributed by atoms with van der Waals surface area (Å²) in [5.41, 5.74) is 1.46. The highest BCUT2D eigenvalue weighted by molar-refractivity contribution is 14.2. The van der Waals surface area contributed by atoms with Crippen LogP contribution < -0.4 is 0 Å². The smallest absolute Gasteiger partial charge is 0.124 e. The van der Waals surface area contributed by atoms with E-state index in [9.17, 15) is 0 Å². The monoisotopic (exact) mass is 264 g/mol. The molecule has 1 nitrogen and oxygen atoms in total. The van der Waals surface area contributed by atoms with Crippen LogP contribution in [0.3, 0.4) is 0 Å². The molecule has 0 saturated heterocycles. The summed E-state index contributed by atoms with van der Waals surface area (Å²) in [7, 11) is 1.74. The van der Waals surface area contributed by atoms with E-state index in [1.165, 1.54) is 18.4 Å². The number of rotatable bonds is 3. The maximum Gasteiger partial charge on any atom is 0.124 e. The van der Waals surface area contributed by atoms with Crippen molar-refractivity contribution in [2.75, 3.05) is 7.11 Å². The highest BCUT2D eigenvalue weighted by atomic mass is 127. The lowest BCUT2D eigenvalue weighted by atomic mass is 10.1. The first-order valence-corrected chi connectivity index (χ1v) is 6.26. The summed E-state index contributed by atoms with van der Waals surface area (Å²) in [5.74, 6) is 1.06. The van der Waals surface area contributed by atoms with Crippen molar-refractivity contribution >= 4 is 24.7 Å². The Kier molecular flexibility index (Phi) is 3.83. The fraction of sp³-hybridized carbons (Fsp3) is 0.444. The summed E-state index contributed by atoms with van der Waals surface area (Å²) in [6, 6.07) is 0. The molecule has 62 valence electrons. The maximum atomic E-state index is 5.16. The largest absolute Gasteiger partial charge is 0.496 e. The number of ether oxygens (including phenoxy) is 1. The Bertz CT molecular complexity index is 214. The SMILES string of the molecule is CCCC1=CI=CC(OC)=C1. The minimum Gasteiger partial charge on any atom is -0.496 e. The third-order valence-corrected chi connectivity index (χ3v) is 3.61. The molecule has 0 aliphatic carbocycles. The molecule has 2 heteroatoms. The van der Waals surface area contributed by atoms with E-state index in [1.807, 2.05) is 0 Å². The van der Waals surface area contributed by atoms with E-state index in [4.69, 9.17) is 4.74 Å². The van der Waals surface area contributed by atoms with Gasteiger partial charge in [-0.25, -0.2) is 0 Å². The lowest BCUT2D eigenvalue weighted by molar-refractivity contribution is 0.318. The third kappa shape index (κ3) is 2.77. The predicted molar refractivity (Wildman–Crippen MR) is 58.2 cm³/mol. The van der Waals surface area contributed by atoms with Crippen LogP contribution in [0.1, 0.15) is 19.8 Å². The van der Waals surface area contributed by atoms with Crippen LogP contribution >= 0.6 is 20.7 Å². The topological polar surface area (TPSA) is 9.23 Å². The van der Waals surface area contributed by atoms with Gasteiger partial charge >= 0.3 is 0 Å². The molecule has 0 atom stereocenters. The van der Waals surface area contributed by atoms with Crippen LogP contribution in [0.25, 0.3) is 0 Å². The lowest BCUT2D eigenvalue weighted by Gasteiger charge is -2.05. The summed E-state index contributed by atoms with van der Waals surface area (Å²) in [6.07, 6.45) is 4.57. The van der Waals surface area contributed by atoms with E-state index in [0.717, 1.165) is 5.76 Å². The molecule has 0 aromatic carbocycles. The quantitative estimate of drug-likeness (QED) is 0.712. The van der Waals surface area contributed by atoms with Gasteiger partial charge in [-0.2, -0.15) is 0 Å². The highest BCUT2D eigenvalue weighted by Crippen LogP contribution is 2.19. The van der Waals surface area contributed by atoms with Crippen molar-refractivity contribution in [1.29, 1.82) is 0 Å². The van der Waals surface area contributed by atoms with E-state index in [1.54, 1.807) is 7.11 Å².